The fourth-order valence-corrected chi connectivity index (χ4v) is 2.00. The molecule has 0 unspecified atom stereocenters. The number of nitrogens with two attached hydrogens (primary N) is 1. The van der Waals surface area contributed by atoms with Gasteiger partial charge in [0.15, 0.2) is 0 Å². The van der Waals surface area contributed by atoms with Crippen molar-refractivity contribution in [1.82, 2.24) is 0 Å². The van der Waals surface area contributed by atoms with Crippen LogP contribution in [0, 0.1) is 15.9 Å². The van der Waals surface area contributed by atoms with Gasteiger partial charge in [0.25, 0.3) is 5.69 Å². The molecule has 0 amide bonds. The van der Waals surface area contributed by atoms with Crippen LogP contribution in [0.25, 0.3) is 0 Å². The van der Waals surface area contributed by atoms with Crippen molar-refractivity contribution >= 4 is 17.3 Å². The van der Waals surface area contributed by atoms with Crippen molar-refractivity contribution in [1.29, 1.82) is 0 Å². The molecule has 2 rings (SSSR count). The summed E-state index contributed by atoms with van der Waals surface area (Å²) in [5.41, 5.74) is 6.25. The maximum absolute atomic E-state index is 13.1. The van der Waals surface area contributed by atoms with Gasteiger partial charge in [-0.15, -0.1) is 0 Å². The fourth-order valence-electron chi connectivity index (χ4n) is 1.83. The molecule has 2 N–H and O–H groups in total. The molecular formula is C14H12ClFN2O3. The van der Waals surface area contributed by atoms with Crippen molar-refractivity contribution in [2.24, 2.45) is 5.73 Å². The van der Waals surface area contributed by atoms with E-state index in [1.165, 1.54) is 30.3 Å². The zero-order valence-corrected chi connectivity index (χ0v) is 11.6. The number of rotatable bonds is 5. The molecule has 0 aliphatic rings. The molecule has 2 aromatic carbocycles. The molecule has 0 fully saturated rings. The van der Waals surface area contributed by atoms with Crippen molar-refractivity contribution < 1.29 is 14.1 Å². The fraction of sp³-hybridized carbons (Fsp3) is 0.143. The van der Waals surface area contributed by atoms with Crippen molar-refractivity contribution in [3.8, 4) is 5.75 Å². The molecule has 0 aromatic heterocycles. The molecule has 7 heteroatoms. The smallest absolute Gasteiger partial charge is 0.277 e. The zero-order valence-electron chi connectivity index (χ0n) is 10.9. The van der Waals surface area contributed by atoms with Gasteiger partial charge in [0, 0.05) is 23.2 Å². The third kappa shape index (κ3) is 3.68. The summed E-state index contributed by atoms with van der Waals surface area (Å²) in [7, 11) is 0. The average Bonchev–Trinajstić information content (AvgIpc) is 2.46. The molecule has 0 aliphatic heterocycles. The third-order valence-corrected chi connectivity index (χ3v) is 3.10. The summed E-state index contributed by atoms with van der Waals surface area (Å²) in [4.78, 5) is 10.4. The van der Waals surface area contributed by atoms with E-state index in [0.29, 0.717) is 16.9 Å². The van der Waals surface area contributed by atoms with Crippen molar-refractivity contribution in [2.45, 2.75) is 13.2 Å². The first kappa shape index (κ1) is 15.2. The van der Waals surface area contributed by atoms with Gasteiger partial charge in [-0.3, -0.25) is 10.1 Å². The largest absolute Gasteiger partial charge is 0.488 e. The Morgan fingerprint density at radius 2 is 2.00 bits per heavy atom. The molecule has 5 nitrogen and oxygen atoms in total. The number of benzene rings is 2. The lowest BCUT2D eigenvalue weighted by Crippen LogP contribution is -2.05. The van der Waals surface area contributed by atoms with Crippen LogP contribution in [0.3, 0.4) is 0 Å². The Morgan fingerprint density at radius 1 is 1.24 bits per heavy atom. The first-order chi connectivity index (χ1) is 10.0. The summed E-state index contributed by atoms with van der Waals surface area (Å²) in [6.45, 7) is 0.0713. The zero-order chi connectivity index (χ0) is 15.4. The van der Waals surface area contributed by atoms with E-state index in [4.69, 9.17) is 22.1 Å². The van der Waals surface area contributed by atoms with E-state index in [1.807, 2.05) is 0 Å². The van der Waals surface area contributed by atoms with E-state index in [9.17, 15) is 14.5 Å². The third-order valence-electron chi connectivity index (χ3n) is 2.87. The maximum Gasteiger partial charge on any atom is 0.277 e. The highest BCUT2D eigenvalue weighted by Crippen LogP contribution is 2.26. The van der Waals surface area contributed by atoms with Crippen LogP contribution in [0.15, 0.2) is 36.4 Å². The van der Waals surface area contributed by atoms with Crippen LogP contribution in [0.4, 0.5) is 10.1 Å². The van der Waals surface area contributed by atoms with Crippen molar-refractivity contribution in [3.63, 3.8) is 0 Å². The molecule has 0 saturated heterocycles. The lowest BCUT2D eigenvalue weighted by Gasteiger charge is -2.11. The summed E-state index contributed by atoms with van der Waals surface area (Å²) in [5, 5.41) is 11.2. The lowest BCUT2D eigenvalue weighted by atomic mass is 10.2. The number of nitro groups is 1. The SMILES string of the molecule is NCc1cc(F)ccc1OCc1ccc(Cl)cc1[N+](=O)[O-]. The second kappa shape index (κ2) is 6.51. The van der Waals surface area contributed by atoms with E-state index in [1.54, 1.807) is 6.07 Å². The Balaban J connectivity index is 2.22. The average molecular weight is 311 g/mol. The summed E-state index contributed by atoms with van der Waals surface area (Å²) in [6.07, 6.45) is 0. The van der Waals surface area contributed by atoms with Crippen LogP contribution in [-0.4, -0.2) is 4.92 Å². The maximum atomic E-state index is 13.1. The molecular weight excluding hydrogens is 299 g/mol. The first-order valence-corrected chi connectivity index (χ1v) is 6.43. The minimum Gasteiger partial charge on any atom is -0.488 e. The Hall–Kier alpha value is -2.18. The molecule has 0 radical (unpaired) electrons. The molecule has 0 aliphatic carbocycles. The Morgan fingerprint density at radius 3 is 2.67 bits per heavy atom. The normalized spacial score (nSPS) is 10.4. The molecule has 21 heavy (non-hydrogen) atoms. The number of nitrogens with zero attached hydrogens (tertiary/aromatic N) is 1. The molecule has 110 valence electrons. The molecule has 0 bridgehead atoms. The van der Waals surface area contributed by atoms with Crippen LogP contribution in [0.2, 0.25) is 5.02 Å². The van der Waals surface area contributed by atoms with Gasteiger partial charge in [-0.2, -0.15) is 0 Å². The van der Waals surface area contributed by atoms with E-state index < -0.39 is 10.7 Å². The van der Waals surface area contributed by atoms with Crippen LogP contribution >= 0.6 is 11.6 Å². The summed E-state index contributed by atoms with van der Waals surface area (Å²) >= 11 is 5.74. The second-order valence-electron chi connectivity index (χ2n) is 4.27. The van der Waals surface area contributed by atoms with E-state index in [-0.39, 0.29) is 23.9 Å². The summed E-state index contributed by atoms with van der Waals surface area (Å²) in [5.74, 6) is -0.0246. The Labute approximate surface area is 125 Å². The molecule has 0 spiro atoms. The van der Waals surface area contributed by atoms with Crippen LogP contribution in [0.1, 0.15) is 11.1 Å². The van der Waals surface area contributed by atoms with E-state index in [0.717, 1.165) is 0 Å². The van der Waals surface area contributed by atoms with Gasteiger partial charge in [0.2, 0.25) is 0 Å². The lowest BCUT2D eigenvalue weighted by molar-refractivity contribution is -0.385. The molecule has 0 atom stereocenters. The number of hydrogen-bond donors (Lipinski definition) is 1. The predicted molar refractivity (Wildman–Crippen MR) is 76.7 cm³/mol. The molecule has 0 saturated carbocycles. The van der Waals surface area contributed by atoms with Gasteiger partial charge in [-0.1, -0.05) is 11.6 Å². The van der Waals surface area contributed by atoms with Crippen LogP contribution in [0.5, 0.6) is 5.75 Å². The summed E-state index contributed by atoms with van der Waals surface area (Å²) in [6, 6.07) is 8.28. The van der Waals surface area contributed by atoms with Crippen molar-refractivity contribution in [3.05, 3.63) is 68.5 Å². The first-order valence-electron chi connectivity index (χ1n) is 6.05. The second-order valence-corrected chi connectivity index (χ2v) is 4.71. The molecule has 2 aromatic rings. The number of halogens is 2. The van der Waals surface area contributed by atoms with Gasteiger partial charge < -0.3 is 10.5 Å². The topological polar surface area (TPSA) is 78.4 Å². The number of nitro benzene ring substituents is 1. The monoisotopic (exact) mass is 310 g/mol. The van der Waals surface area contributed by atoms with Gasteiger partial charge >= 0.3 is 0 Å². The standard InChI is InChI=1S/C14H12ClFN2O3/c15-11-2-1-9(13(6-11)18(19)20)8-21-14-4-3-12(16)5-10(14)7-17/h1-6H,7-8,17H2. The van der Waals surface area contributed by atoms with Gasteiger partial charge in [0.05, 0.1) is 10.5 Å². The van der Waals surface area contributed by atoms with Crippen molar-refractivity contribution in [2.75, 3.05) is 0 Å². The summed E-state index contributed by atoms with van der Waals surface area (Å²) < 4.78 is 18.6. The molecule has 0 heterocycles. The quantitative estimate of drug-likeness (QED) is 0.678. The van der Waals surface area contributed by atoms with Gasteiger partial charge in [0.1, 0.15) is 18.2 Å². The highest BCUT2D eigenvalue weighted by Gasteiger charge is 2.15. The Kier molecular flexibility index (Phi) is 4.72. The van der Waals surface area contributed by atoms with Gasteiger partial charge in [-0.25, -0.2) is 4.39 Å². The van der Waals surface area contributed by atoms with Crippen LogP contribution < -0.4 is 10.5 Å². The van der Waals surface area contributed by atoms with Crippen LogP contribution in [-0.2, 0) is 13.2 Å². The predicted octanol–water partition coefficient (Wildman–Crippen LogP) is 3.43. The van der Waals surface area contributed by atoms with E-state index >= 15 is 0 Å². The minimum absolute atomic E-state index is 0.0356. The van der Waals surface area contributed by atoms with E-state index in [2.05, 4.69) is 0 Å². The highest BCUT2D eigenvalue weighted by molar-refractivity contribution is 6.30. The number of ether oxygens (including phenoxy) is 1. The highest BCUT2D eigenvalue weighted by atomic mass is 35.5. The number of hydrogen-bond acceptors (Lipinski definition) is 4. The van der Waals surface area contributed by atoms with Gasteiger partial charge in [-0.05, 0) is 30.3 Å². The Bertz CT molecular complexity index is 679. The minimum atomic E-state index is -0.529.